The van der Waals surface area contributed by atoms with Crippen molar-refractivity contribution in [1.82, 2.24) is 4.90 Å². The molecule has 6 heteroatoms. The topological polar surface area (TPSA) is 60.8 Å². The number of benzene rings is 2. The lowest BCUT2D eigenvalue weighted by Gasteiger charge is -2.46. The molecule has 0 aliphatic carbocycles. The Hall–Kier alpha value is -2.31. The Balaban J connectivity index is 1.74. The van der Waals surface area contributed by atoms with Gasteiger partial charge in [-0.25, -0.2) is 8.78 Å². The summed E-state index contributed by atoms with van der Waals surface area (Å²) in [5.41, 5.74) is 1.60. The maximum atomic E-state index is 14.1. The molecule has 3 rings (SSSR count). The molecule has 31 heavy (non-hydrogen) atoms. The summed E-state index contributed by atoms with van der Waals surface area (Å²) in [4.78, 5) is 14.9. The Morgan fingerprint density at radius 2 is 1.77 bits per heavy atom. The molecule has 2 N–H and O–H groups in total. The smallest absolute Gasteiger partial charge is 0.223 e. The van der Waals surface area contributed by atoms with Gasteiger partial charge in [0, 0.05) is 24.6 Å². The summed E-state index contributed by atoms with van der Waals surface area (Å²) >= 11 is 0. The molecule has 1 saturated heterocycles. The third-order valence-electron chi connectivity index (χ3n) is 6.85. The molecule has 2 aromatic carbocycles. The highest BCUT2D eigenvalue weighted by Crippen LogP contribution is 2.45. The van der Waals surface area contributed by atoms with Crippen molar-refractivity contribution in [3.8, 4) is 11.1 Å². The average Bonchev–Trinajstić information content (AvgIpc) is 2.73. The molecule has 0 radical (unpaired) electrons. The van der Waals surface area contributed by atoms with Crippen LogP contribution < -0.4 is 0 Å². The summed E-state index contributed by atoms with van der Waals surface area (Å²) in [5, 5.41) is 19.3. The van der Waals surface area contributed by atoms with Gasteiger partial charge in [-0.2, -0.15) is 0 Å². The van der Waals surface area contributed by atoms with Crippen molar-refractivity contribution in [3.63, 3.8) is 0 Å². The van der Waals surface area contributed by atoms with Crippen molar-refractivity contribution in [2.75, 3.05) is 13.2 Å². The van der Waals surface area contributed by atoms with Crippen LogP contribution in [0.2, 0.25) is 0 Å². The first-order valence-corrected chi connectivity index (χ1v) is 10.8. The molecular formula is C25H31F2NO3. The SMILES string of the molecule is CC(C)C1(C[C@@H](O)CO)CCN([C@@H](C)c2ccc(-c3ccc(F)cc3F)cc2)C(=O)C1. The molecule has 1 heterocycles. The number of hydrogen-bond acceptors (Lipinski definition) is 3. The van der Waals surface area contributed by atoms with E-state index in [9.17, 15) is 23.8 Å². The van der Waals surface area contributed by atoms with Gasteiger partial charge < -0.3 is 15.1 Å². The normalized spacial score (nSPS) is 21.4. The molecule has 168 valence electrons. The second-order valence-electron chi connectivity index (χ2n) is 8.99. The van der Waals surface area contributed by atoms with Crippen molar-refractivity contribution in [2.24, 2.45) is 11.3 Å². The first kappa shape index (κ1) is 23.4. The molecule has 1 aliphatic heterocycles. The number of aliphatic hydroxyl groups excluding tert-OH is 2. The van der Waals surface area contributed by atoms with Gasteiger partial charge in [-0.15, -0.1) is 0 Å². The second-order valence-corrected chi connectivity index (χ2v) is 8.99. The summed E-state index contributed by atoms with van der Waals surface area (Å²) in [7, 11) is 0. The van der Waals surface area contributed by atoms with Crippen molar-refractivity contribution in [3.05, 3.63) is 59.7 Å². The number of amides is 1. The summed E-state index contributed by atoms with van der Waals surface area (Å²) in [6.45, 7) is 6.36. The van der Waals surface area contributed by atoms with Crippen LogP contribution in [0.3, 0.4) is 0 Å². The molecule has 2 aromatic rings. The standard InChI is InChI=1S/C25H31F2NO3/c1-16(2)25(13-21(30)15-29)10-11-28(24(31)14-25)17(3)18-4-6-19(7-5-18)22-9-8-20(26)12-23(22)27/h4-9,12,16-17,21,29-30H,10-11,13-15H2,1-3H3/t17-,21+,25?/m0/s1. The van der Waals surface area contributed by atoms with Crippen LogP contribution in [0.15, 0.2) is 42.5 Å². The third-order valence-corrected chi connectivity index (χ3v) is 6.85. The molecule has 1 amide bonds. The minimum absolute atomic E-state index is 0.0336. The molecule has 1 unspecified atom stereocenters. The van der Waals surface area contributed by atoms with E-state index in [1.54, 1.807) is 12.1 Å². The zero-order valence-corrected chi connectivity index (χ0v) is 18.3. The van der Waals surface area contributed by atoms with Gasteiger partial charge in [0.1, 0.15) is 11.6 Å². The quantitative estimate of drug-likeness (QED) is 0.668. The summed E-state index contributed by atoms with van der Waals surface area (Å²) in [5.74, 6) is -0.979. The summed E-state index contributed by atoms with van der Waals surface area (Å²) in [6.07, 6.45) is 0.688. The highest BCUT2D eigenvalue weighted by molar-refractivity contribution is 5.78. The van der Waals surface area contributed by atoms with Crippen LogP contribution in [0.5, 0.6) is 0 Å². The lowest BCUT2D eigenvalue weighted by Crippen LogP contribution is -2.48. The fourth-order valence-corrected chi connectivity index (χ4v) is 4.65. The molecule has 3 atom stereocenters. The van der Waals surface area contributed by atoms with Gasteiger partial charge in [0.15, 0.2) is 0 Å². The van der Waals surface area contributed by atoms with E-state index in [-0.39, 0.29) is 29.9 Å². The molecule has 0 aromatic heterocycles. The van der Waals surface area contributed by atoms with Crippen LogP contribution in [0.4, 0.5) is 8.78 Å². The van der Waals surface area contributed by atoms with Crippen molar-refractivity contribution >= 4 is 5.91 Å². The number of carbonyl (C=O) groups is 1. The van der Waals surface area contributed by atoms with Crippen LogP contribution >= 0.6 is 0 Å². The lowest BCUT2D eigenvalue weighted by atomic mass is 9.66. The molecule has 4 nitrogen and oxygen atoms in total. The van der Waals surface area contributed by atoms with Gasteiger partial charge in [0.2, 0.25) is 5.91 Å². The Morgan fingerprint density at radius 1 is 1.10 bits per heavy atom. The lowest BCUT2D eigenvalue weighted by molar-refractivity contribution is -0.144. The van der Waals surface area contributed by atoms with Gasteiger partial charge in [0.05, 0.1) is 18.8 Å². The van der Waals surface area contributed by atoms with Crippen LogP contribution in [0, 0.1) is 23.0 Å². The largest absolute Gasteiger partial charge is 0.394 e. The molecular weight excluding hydrogens is 400 g/mol. The Labute approximate surface area is 182 Å². The minimum Gasteiger partial charge on any atom is -0.394 e. The fourth-order valence-electron chi connectivity index (χ4n) is 4.65. The van der Waals surface area contributed by atoms with Gasteiger partial charge >= 0.3 is 0 Å². The van der Waals surface area contributed by atoms with Crippen molar-refractivity contribution in [2.45, 2.75) is 52.2 Å². The van der Waals surface area contributed by atoms with Gasteiger partial charge in [-0.05, 0) is 54.4 Å². The van der Waals surface area contributed by atoms with E-state index in [0.29, 0.717) is 30.5 Å². The maximum Gasteiger partial charge on any atom is 0.223 e. The third kappa shape index (κ3) is 4.96. The predicted molar refractivity (Wildman–Crippen MR) is 116 cm³/mol. The highest BCUT2D eigenvalue weighted by Gasteiger charge is 2.43. The molecule has 1 aliphatic rings. The maximum absolute atomic E-state index is 14.1. The van der Waals surface area contributed by atoms with E-state index in [4.69, 9.17) is 0 Å². The van der Waals surface area contributed by atoms with Crippen LogP contribution in [-0.4, -0.2) is 40.3 Å². The monoisotopic (exact) mass is 431 g/mol. The van der Waals surface area contributed by atoms with Gasteiger partial charge in [-0.1, -0.05) is 38.1 Å². The summed E-state index contributed by atoms with van der Waals surface area (Å²) in [6, 6.07) is 10.7. The number of halogens is 2. The molecule has 0 spiro atoms. The van der Waals surface area contributed by atoms with E-state index in [1.165, 1.54) is 12.1 Å². The zero-order chi connectivity index (χ0) is 22.8. The number of rotatable bonds is 7. The Kier molecular flexibility index (Phi) is 7.12. The molecule has 1 fully saturated rings. The van der Waals surface area contributed by atoms with Crippen LogP contribution in [0.1, 0.15) is 51.6 Å². The Morgan fingerprint density at radius 3 is 2.32 bits per heavy atom. The number of carbonyl (C=O) groups excluding carboxylic acids is 1. The predicted octanol–water partition coefficient (Wildman–Crippen LogP) is 4.70. The number of nitrogens with zero attached hydrogens (tertiary/aromatic N) is 1. The van der Waals surface area contributed by atoms with Crippen LogP contribution in [0.25, 0.3) is 11.1 Å². The number of piperidine rings is 1. The number of aliphatic hydroxyl groups is 2. The summed E-state index contributed by atoms with van der Waals surface area (Å²) < 4.78 is 27.2. The first-order valence-electron chi connectivity index (χ1n) is 10.8. The number of likely N-dealkylation sites (tertiary alicyclic amines) is 1. The van der Waals surface area contributed by atoms with Crippen molar-refractivity contribution in [1.29, 1.82) is 0 Å². The Bertz CT molecular complexity index is 915. The average molecular weight is 432 g/mol. The van der Waals surface area contributed by atoms with Gasteiger partial charge in [-0.3, -0.25) is 4.79 Å². The minimum atomic E-state index is -0.821. The van der Waals surface area contributed by atoms with E-state index in [1.807, 2.05) is 24.0 Å². The van der Waals surface area contributed by atoms with E-state index < -0.39 is 17.7 Å². The van der Waals surface area contributed by atoms with Crippen LogP contribution in [-0.2, 0) is 4.79 Å². The van der Waals surface area contributed by atoms with Crippen molar-refractivity contribution < 1.29 is 23.8 Å². The highest BCUT2D eigenvalue weighted by atomic mass is 19.1. The number of hydrogen-bond donors (Lipinski definition) is 2. The van der Waals surface area contributed by atoms with E-state index in [2.05, 4.69) is 13.8 Å². The zero-order valence-electron chi connectivity index (χ0n) is 18.3. The fraction of sp³-hybridized carbons (Fsp3) is 0.480. The van der Waals surface area contributed by atoms with Gasteiger partial charge in [0.25, 0.3) is 0 Å². The van der Waals surface area contributed by atoms with E-state index in [0.717, 1.165) is 18.1 Å². The second kappa shape index (κ2) is 9.45. The van der Waals surface area contributed by atoms with E-state index >= 15 is 0 Å². The molecule has 0 bridgehead atoms. The first-order chi connectivity index (χ1) is 14.7. The molecule has 0 saturated carbocycles.